The van der Waals surface area contributed by atoms with E-state index in [1.807, 2.05) is 42.5 Å². The molecule has 0 fully saturated rings. The Morgan fingerprint density at radius 1 is 1.09 bits per heavy atom. The van der Waals surface area contributed by atoms with Crippen LogP contribution in [0.25, 0.3) is 17.5 Å². The van der Waals surface area contributed by atoms with Crippen molar-refractivity contribution in [3.8, 4) is 11.4 Å². The predicted octanol–water partition coefficient (Wildman–Crippen LogP) is 4.12. The molecule has 0 bridgehead atoms. The van der Waals surface area contributed by atoms with E-state index in [0.29, 0.717) is 16.0 Å². The highest BCUT2D eigenvalue weighted by Gasteiger charge is 2.11. The molecule has 0 saturated heterocycles. The van der Waals surface area contributed by atoms with Crippen molar-refractivity contribution in [3.63, 3.8) is 0 Å². The van der Waals surface area contributed by atoms with Gasteiger partial charge in [0.25, 0.3) is 0 Å². The molecule has 1 aromatic heterocycles. The highest BCUT2D eigenvalue weighted by atomic mass is 35.5. The highest BCUT2D eigenvalue weighted by molar-refractivity contribution is 7.99. The molecule has 6 heteroatoms. The minimum atomic E-state index is 0.599. The number of thioether (sulfide) groups is 1. The van der Waals surface area contributed by atoms with Gasteiger partial charge in [0.2, 0.25) is 5.16 Å². The Hall–Kier alpha value is -2.24. The number of halogens is 1. The third-order valence-electron chi connectivity index (χ3n) is 3.17. The molecule has 0 saturated carbocycles. The van der Waals surface area contributed by atoms with Crippen LogP contribution in [0.3, 0.4) is 0 Å². The summed E-state index contributed by atoms with van der Waals surface area (Å²) in [5.74, 6) is 7.45. The van der Waals surface area contributed by atoms with Gasteiger partial charge in [0.15, 0.2) is 5.82 Å². The Labute approximate surface area is 144 Å². The van der Waals surface area contributed by atoms with E-state index < -0.39 is 0 Å². The summed E-state index contributed by atoms with van der Waals surface area (Å²) >= 11 is 7.53. The van der Waals surface area contributed by atoms with Crippen molar-refractivity contribution in [1.82, 2.24) is 14.9 Å². The molecule has 0 aliphatic carbocycles. The lowest BCUT2D eigenvalue weighted by Gasteiger charge is -2.03. The molecule has 3 aromatic rings. The molecule has 4 nitrogen and oxygen atoms in total. The Bertz CT molecular complexity index is 814. The number of nitrogens with zero attached hydrogens (tertiary/aromatic N) is 3. The van der Waals surface area contributed by atoms with Crippen LogP contribution in [0.4, 0.5) is 0 Å². The molecule has 23 heavy (non-hydrogen) atoms. The lowest BCUT2D eigenvalue weighted by atomic mass is 10.2. The zero-order chi connectivity index (χ0) is 16.1. The van der Waals surface area contributed by atoms with Crippen molar-refractivity contribution in [2.45, 2.75) is 5.16 Å². The van der Waals surface area contributed by atoms with Gasteiger partial charge in [0.05, 0.1) is 0 Å². The van der Waals surface area contributed by atoms with Crippen molar-refractivity contribution < 1.29 is 0 Å². The van der Waals surface area contributed by atoms with Gasteiger partial charge < -0.3 is 5.84 Å². The number of nitrogen functional groups attached to an aromatic ring is 1. The second kappa shape index (κ2) is 7.35. The Morgan fingerprint density at radius 3 is 2.70 bits per heavy atom. The number of benzene rings is 2. The summed E-state index contributed by atoms with van der Waals surface area (Å²) < 4.78 is 1.49. The molecule has 2 N–H and O–H groups in total. The maximum absolute atomic E-state index is 6.08. The van der Waals surface area contributed by atoms with Crippen molar-refractivity contribution in [3.05, 3.63) is 71.3 Å². The predicted molar refractivity (Wildman–Crippen MR) is 96.8 cm³/mol. The van der Waals surface area contributed by atoms with Gasteiger partial charge in [-0.05, 0) is 17.7 Å². The largest absolute Gasteiger partial charge is 0.335 e. The first-order valence-electron chi connectivity index (χ1n) is 7.05. The lowest BCUT2D eigenvalue weighted by molar-refractivity contribution is 0.851. The van der Waals surface area contributed by atoms with Gasteiger partial charge in [-0.1, -0.05) is 78.0 Å². The Kier molecular flexibility index (Phi) is 5.00. The number of hydrogen-bond acceptors (Lipinski definition) is 4. The van der Waals surface area contributed by atoms with Gasteiger partial charge in [-0.3, -0.25) is 0 Å². The average molecular weight is 343 g/mol. The van der Waals surface area contributed by atoms with Gasteiger partial charge in [0, 0.05) is 16.3 Å². The smallest absolute Gasteiger partial charge is 0.210 e. The fraction of sp³-hybridized carbons (Fsp3) is 0.0588. The summed E-state index contributed by atoms with van der Waals surface area (Å²) in [6, 6.07) is 17.5. The average Bonchev–Trinajstić information content (AvgIpc) is 2.93. The lowest BCUT2D eigenvalue weighted by Crippen LogP contribution is -2.11. The van der Waals surface area contributed by atoms with E-state index in [1.165, 1.54) is 22.0 Å². The Balaban J connectivity index is 1.67. The molecule has 0 aliphatic heterocycles. The maximum Gasteiger partial charge on any atom is 0.210 e. The minimum absolute atomic E-state index is 0.599. The first-order chi connectivity index (χ1) is 11.2. The molecule has 116 valence electrons. The summed E-state index contributed by atoms with van der Waals surface area (Å²) in [6.45, 7) is 0. The van der Waals surface area contributed by atoms with Crippen LogP contribution in [-0.4, -0.2) is 20.6 Å². The number of hydrogen-bond donors (Lipinski definition) is 1. The molecule has 2 aromatic carbocycles. The summed E-state index contributed by atoms with van der Waals surface area (Å²) in [7, 11) is 0. The maximum atomic E-state index is 6.08. The number of aromatic nitrogens is 3. The van der Waals surface area contributed by atoms with Gasteiger partial charge >= 0.3 is 0 Å². The van der Waals surface area contributed by atoms with Crippen LogP contribution in [0.5, 0.6) is 0 Å². The fourth-order valence-corrected chi connectivity index (χ4v) is 2.93. The third-order valence-corrected chi connectivity index (χ3v) is 4.30. The number of rotatable bonds is 5. The Morgan fingerprint density at radius 2 is 1.91 bits per heavy atom. The quantitative estimate of drug-likeness (QED) is 0.559. The van der Waals surface area contributed by atoms with Crippen LogP contribution in [0, 0.1) is 0 Å². The van der Waals surface area contributed by atoms with E-state index in [2.05, 4.69) is 34.5 Å². The van der Waals surface area contributed by atoms with Crippen LogP contribution < -0.4 is 5.84 Å². The first-order valence-corrected chi connectivity index (χ1v) is 8.41. The second-order valence-corrected chi connectivity index (χ2v) is 6.23. The fourth-order valence-electron chi connectivity index (χ4n) is 2.07. The molecular formula is C17H15ClN4S. The van der Waals surface area contributed by atoms with E-state index >= 15 is 0 Å². The molecule has 0 radical (unpaired) electrons. The van der Waals surface area contributed by atoms with Gasteiger partial charge in [-0.2, -0.15) is 0 Å². The van der Waals surface area contributed by atoms with Gasteiger partial charge in [-0.15, -0.1) is 10.2 Å². The van der Waals surface area contributed by atoms with Crippen LogP contribution in [0.15, 0.2) is 65.8 Å². The van der Waals surface area contributed by atoms with Crippen molar-refractivity contribution >= 4 is 29.4 Å². The van der Waals surface area contributed by atoms with Crippen LogP contribution >= 0.6 is 23.4 Å². The molecule has 0 aliphatic rings. The molecule has 3 rings (SSSR count). The van der Waals surface area contributed by atoms with E-state index in [0.717, 1.165) is 11.3 Å². The summed E-state index contributed by atoms with van der Waals surface area (Å²) in [5.41, 5.74) is 2.01. The van der Waals surface area contributed by atoms with E-state index in [1.54, 1.807) is 0 Å². The van der Waals surface area contributed by atoms with Crippen LogP contribution in [0.2, 0.25) is 5.02 Å². The van der Waals surface area contributed by atoms with Crippen LogP contribution in [-0.2, 0) is 0 Å². The zero-order valence-electron chi connectivity index (χ0n) is 12.3. The third kappa shape index (κ3) is 3.94. The van der Waals surface area contributed by atoms with Crippen molar-refractivity contribution in [1.29, 1.82) is 0 Å². The normalized spacial score (nSPS) is 11.2. The summed E-state index contributed by atoms with van der Waals surface area (Å²) in [4.78, 5) is 0. The molecule has 0 atom stereocenters. The zero-order valence-corrected chi connectivity index (χ0v) is 13.8. The number of nitrogens with two attached hydrogens (primary N) is 1. The van der Waals surface area contributed by atoms with E-state index in [4.69, 9.17) is 17.4 Å². The van der Waals surface area contributed by atoms with Gasteiger partial charge in [-0.25, -0.2) is 4.68 Å². The molecule has 1 heterocycles. The summed E-state index contributed by atoms with van der Waals surface area (Å²) in [5, 5.41) is 9.60. The molecule has 0 unspecified atom stereocenters. The van der Waals surface area contributed by atoms with Gasteiger partial charge in [0.1, 0.15) is 0 Å². The van der Waals surface area contributed by atoms with E-state index in [-0.39, 0.29) is 0 Å². The molecule has 0 spiro atoms. The second-order valence-electron chi connectivity index (χ2n) is 4.81. The standard InChI is InChI=1S/C17H15ClN4S/c18-15-10-4-9-14(12-15)16-20-21-17(22(16)19)23-11-5-8-13-6-2-1-3-7-13/h1-10,12H,11,19H2/b8-5+. The van der Waals surface area contributed by atoms with E-state index in [9.17, 15) is 0 Å². The minimum Gasteiger partial charge on any atom is -0.335 e. The highest BCUT2D eigenvalue weighted by Crippen LogP contribution is 2.23. The SMILES string of the molecule is Nn1c(SC/C=C/c2ccccc2)nnc1-c1cccc(Cl)c1. The molecule has 0 amide bonds. The molecular weight excluding hydrogens is 328 g/mol. The summed E-state index contributed by atoms with van der Waals surface area (Å²) in [6.07, 6.45) is 4.15. The first kappa shape index (κ1) is 15.6. The topological polar surface area (TPSA) is 56.7 Å². The van der Waals surface area contributed by atoms with Crippen molar-refractivity contribution in [2.75, 3.05) is 11.6 Å². The van der Waals surface area contributed by atoms with Crippen LogP contribution in [0.1, 0.15) is 5.56 Å². The van der Waals surface area contributed by atoms with Crippen molar-refractivity contribution in [2.24, 2.45) is 0 Å². The monoisotopic (exact) mass is 342 g/mol.